The van der Waals surface area contributed by atoms with Crippen LogP contribution in [0.2, 0.25) is 0 Å². The summed E-state index contributed by atoms with van der Waals surface area (Å²) in [5, 5.41) is 0. The number of esters is 1. The maximum atomic E-state index is 11.8. The molecule has 0 bridgehead atoms. The van der Waals surface area contributed by atoms with Crippen molar-refractivity contribution in [2.45, 2.75) is 168 Å². The largest absolute Gasteiger partial charge is 0.466 e. The molecule has 0 spiro atoms. The summed E-state index contributed by atoms with van der Waals surface area (Å²) in [4.78, 5) is 11.8. The van der Waals surface area contributed by atoms with Gasteiger partial charge >= 0.3 is 5.97 Å². The molecule has 34 heavy (non-hydrogen) atoms. The second-order valence-electron chi connectivity index (χ2n) is 10.1. The lowest BCUT2D eigenvalue weighted by atomic mass is 10.1. The zero-order chi connectivity index (χ0) is 24.8. The van der Waals surface area contributed by atoms with Gasteiger partial charge in [0.05, 0.1) is 6.61 Å². The zero-order valence-electron chi connectivity index (χ0n) is 23.3. The van der Waals surface area contributed by atoms with Gasteiger partial charge in [0, 0.05) is 6.42 Å². The van der Waals surface area contributed by atoms with Crippen molar-refractivity contribution in [2.24, 2.45) is 0 Å². The number of rotatable bonds is 27. The van der Waals surface area contributed by atoms with Crippen LogP contribution in [0.4, 0.5) is 0 Å². The first-order valence-corrected chi connectivity index (χ1v) is 15.3. The highest BCUT2D eigenvalue weighted by Gasteiger charge is 2.02. The zero-order valence-corrected chi connectivity index (χ0v) is 23.3. The lowest BCUT2D eigenvalue weighted by Crippen LogP contribution is -2.05. The van der Waals surface area contributed by atoms with E-state index in [9.17, 15) is 4.79 Å². The van der Waals surface area contributed by atoms with Crippen LogP contribution in [0, 0.1) is 0 Å². The fourth-order valence-electron chi connectivity index (χ4n) is 4.24. The quantitative estimate of drug-likeness (QED) is 0.0669. The topological polar surface area (TPSA) is 26.3 Å². The van der Waals surface area contributed by atoms with E-state index in [1.807, 2.05) is 0 Å². The smallest absolute Gasteiger partial charge is 0.305 e. The molecule has 0 fully saturated rings. The van der Waals surface area contributed by atoms with Crippen molar-refractivity contribution in [3.8, 4) is 0 Å². The Bertz CT molecular complexity index is 452. The Morgan fingerprint density at radius 1 is 0.471 bits per heavy atom. The van der Waals surface area contributed by atoms with E-state index in [1.165, 1.54) is 128 Å². The number of hydrogen-bond donors (Lipinski definition) is 0. The summed E-state index contributed by atoms with van der Waals surface area (Å²) >= 11 is 0. The van der Waals surface area contributed by atoms with Gasteiger partial charge in [-0.2, -0.15) is 0 Å². The van der Waals surface area contributed by atoms with Gasteiger partial charge in [-0.05, 0) is 64.2 Å². The molecule has 0 N–H and O–H groups in total. The van der Waals surface area contributed by atoms with E-state index in [4.69, 9.17) is 4.74 Å². The summed E-state index contributed by atoms with van der Waals surface area (Å²) in [7, 11) is 0. The van der Waals surface area contributed by atoms with Crippen molar-refractivity contribution < 1.29 is 9.53 Å². The van der Waals surface area contributed by atoms with E-state index in [0.717, 1.165) is 19.3 Å². The van der Waals surface area contributed by atoms with Gasteiger partial charge in [-0.1, -0.05) is 122 Å². The summed E-state index contributed by atoms with van der Waals surface area (Å²) < 4.78 is 5.40. The molecule has 0 aliphatic rings. The first-order chi connectivity index (χ1) is 16.8. The Balaban J connectivity index is 3.23. The Morgan fingerprint density at radius 2 is 0.824 bits per heavy atom. The standard InChI is InChI=1S/C32H60O2/c1-3-5-7-9-11-13-15-17-19-21-23-25-27-29-31-34-32(33)30-28-26-24-22-20-18-16-14-12-10-8-6-4-2/h13-16H,3-12,17-31H2,1-2H3/b15-13+,16-14+. The van der Waals surface area contributed by atoms with E-state index in [0.29, 0.717) is 13.0 Å². The fraction of sp³-hybridized carbons (Fsp3) is 0.844. The molecule has 0 rings (SSSR count). The fourth-order valence-corrected chi connectivity index (χ4v) is 4.24. The molecule has 0 radical (unpaired) electrons. The van der Waals surface area contributed by atoms with Crippen LogP contribution in [0.3, 0.4) is 0 Å². The average Bonchev–Trinajstić information content (AvgIpc) is 2.84. The van der Waals surface area contributed by atoms with Crippen molar-refractivity contribution in [2.75, 3.05) is 6.61 Å². The van der Waals surface area contributed by atoms with Crippen LogP contribution >= 0.6 is 0 Å². The second kappa shape index (κ2) is 30.0. The van der Waals surface area contributed by atoms with Crippen LogP contribution in [0.15, 0.2) is 24.3 Å². The van der Waals surface area contributed by atoms with Crippen molar-refractivity contribution in [3.05, 3.63) is 24.3 Å². The highest BCUT2D eigenvalue weighted by molar-refractivity contribution is 5.69. The molecule has 0 aromatic heterocycles. The Kier molecular flexibility index (Phi) is 29.1. The summed E-state index contributed by atoms with van der Waals surface area (Å²) in [6.45, 7) is 5.14. The minimum Gasteiger partial charge on any atom is -0.466 e. The number of carbonyl (C=O) groups excluding carboxylic acids is 1. The average molecular weight is 477 g/mol. The molecule has 0 saturated heterocycles. The van der Waals surface area contributed by atoms with Crippen LogP contribution in [-0.4, -0.2) is 12.6 Å². The molecule has 2 heteroatoms. The Morgan fingerprint density at radius 3 is 1.26 bits per heavy atom. The summed E-state index contributed by atoms with van der Waals surface area (Å²) in [6, 6.07) is 0. The molecule has 0 aliphatic heterocycles. The molecule has 200 valence electrons. The summed E-state index contributed by atoms with van der Waals surface area (Å²) in [5.41, 5.74) is 0. The van der Waals surface area contributed by atoms with E-state index >= 15 is 0 Å². The van der Waals surface area contributed by atoms with Crippen LogP contribution in [-0.2, 0) is 9.53 Å². The van der Waals surface area contributed by atoms with Crippen molar-refractivity contribution >= 4 is 5.97 Å². The van der Waals surface area contributed by atoms with E-state index in [2.05, 4.69) is 38.2 Å². The number of carbonyl (C=O) groups is 1. The minimum absolute atomic E-state index is 0.00693. The van der Waals surface area contributed by atoms with Crippen molar-refractivity contribution in [1.82, 2.24) is 0 Å². The second-order valence-corrected chi connectivity index (χ2v) is 10.1. The Labute approximate surface area is 214 Å². The molecule has 0 aliphatic carbocycles. The monoisotopic (exact) mass is 476 g/mol. The molecule has 0 unspecified atom stereocenters. The van der Waals surface area contributed by atoms with Gasteiger partial charge in [-0.3, -0.25) is 4.79 Å². The normalized spacial score (nSPS) is 11.7. The third-order valence-corrected chi connectivity index (χ3v) is 6.56. The third-order valence-electron chi connectivity index (χ3n) is 6.56. The first-order valence-electron chi connectivity index (χ1n) is 15.3. The number of unbranched alkanes of at least 4 members (excludes halogenated alkanes) is 19. The highest BCUT2D eigenvalue weighted by Crippen LogP contribution is 2.11. The summed E-state index contributed by atoms with van der Waals surface area (Å²) in [5.74, 6) is 0.00693. The predicted molar refractivity (Wildman–Crippen MR) is 151 cm³/mol. The van der Waals surface area contributed by atoms with Gasteiger partial charge in [0.2, 0.25) is 0 Å². The van der Waals surface area contributed by atoms with Crippen LogP contribution in [0.5, 0.6) is 0 Å². The molecular weight excluding hydrogens is 416 g/mol. The van der Waals surface area contributed by atoms with Gasteiger partial charge in [0.15, 0.2) is 0 Å². The van der Waals surface area contributed by atoms with Crippen molar-refractivity contribution in [1.29, 1.82) is 0 Å². The maximum Gasteiger partial charge on any atom is 0.305 e. The van der Waals surface area contributed by atoms with Crippen LogP contribution < -0.4 is 0 Å². The van der Waals surface area contributed by atoms with E-state index < -0.39 is 0 Å². The number of allylic oxidation sites excluding steroid dienone is 4. The van der Waals surface area contributed by atoms with Gasteiger partial charge in [0.1, 0.15) is 0 Å². The van der Waals surface area contributed by atoms with Gasteiger partial charge in [0.25, 0.3) is 0 Å². The molecule has 0 aromatic carbocycles. The number of hydrogen-bond acceptors (Lipinski definition) is 2. The highest BCUT2D eigenvalue weighted by atomic mass is 16.5. The summed E-state index contributed by atoms with van der Waals surface area (Å²) in [6.07, 6.45) is 39.3. The molecule has 0 aromatic rings. The third kappa shape index (κ3) is 29.0. The first kappa shape index (κ1) is 33.0. The van der Waals surface area contributed by atoms with Gasteiger partial charge < -0.3 is 4.74 Å². The van der Waals surface area contributed by atoms with E-state index in [-0.39, 0.29) is 5.97 Å². The molecule has 0 atom stereocenters. The SMILES string of the molecule is CCCCCC/C=C/CCCCCCCCOC(=O)CCCCCCC/C=C/CCCCCC. The van der Waals surface area contributed by atoms with Crippen LogP contribution in [0.25, 0.3) is 0 Å². The lowest BCUT2D eigenvalue weighted by Gasteiger charge is -2.05. The molecule has 0 amide bonds. The molecule has 0 heterocycles. The van der Waals surface area contributed by atoms with Crippen molar-refractivity contribution in [3.63, 3.8) is 0 Å². The Hall–Kier alpha value is -1.05. The van der Waals surface area contributed by atoms with E-state index in [1.54, 1.807) is 0 Å². The van der Waals surface area contributed by atoms with Gasteiger partial charge in [-0.25, -0.2) is 0 Å². The van der Waals surface area contributed by atoms with Gasteiger partial charge in [-0.15, -0.1) is 0 Å². The molecular formula is C32H60O2. The predicted octanol–water partition coefficient (Wildman–Crippen LogP) is 11.0. The molecule has 2 nitrogen and oxygen atoms in total. The number of ether oxygens (including phenoxy) is 1. The minimum atomic E-state index is 0.00693. The maximum absolute atomic E-state index is 11.8. The molecule has 0 saturated carbocycles. The lowest BCUT2D eigenvalue weighted by molar-refractivity contribution is -0.143. The van der Waals surface area contributed by atoms with Crippen LogP contribution in [0.1, 0.15) is 168 Å².